The van der Waals surface area contributed by atoms with Crippen molar-refractivity contribution < 1.29 is 3.89 Å². The highest BCUT2D eigenvalue weighted by Gasteiger charge is 2.28. The van der Waals surface area contributed by atoms with E-state index in [1.54, 1.807) is 12.2 Å². The van der Waals surface area contributed by atoms with Crippen LogP contribution in [0.1, 0.15) is 22.6 Å². The molecule has 0 saturated carbocycles. The van der Waals surface area contributed by atoms with E-state index in [-0.39, 0.29) is 18.1 Å². The number of benzene rings is 2. The van der Waals surface area contributed by atoms with Gasteiger partial charge in [-0.3, -0.25) is 0 Å². The lowest BCUT2D eigenvalue weighted by Gasteiger charge is -2.33. The van der Waals surface area contributed by atoms with Crippen LogP contribution in [0, 0.1) is 0 Å². The molecule has 0 amide bonds. The summed E-state index contributed by atoms with van der Waals surface area (Å²) in [5.74, 6) is 0.0621. The third-order valence-electron chi connectivity index (χ3n) is 4.03. The fourth-order valence-electron chi connectivity index (χ4n) is 2.95. The lowest BCUT2D eigenvalue weighted by atomic mass is 9.85. The summed E-state index contributed by atoms with van der Waals surface area (Å²) in [6.45, 7) is 8.39. The minimum absolute atomic E-state index is 0.0621. The first kappa shape index (κ1) is 20.1. The van der Waals surface area contributed by atoms with Crippen LogP contribution < -0.4 is 0 Å². The molecule has 0 bridgehead atoms. The van der Waals surface area contributed by atoms with Gasteiger partial charge in [0.2, 0.25) is 0 Å². The standard InChI is InChI=1S/C16H14Cl2FNS.C4H6/c1-20-8-10-5-6-11(21-19)7-12(10)13(9-20)16-14(17)3-2-4-15(16)18;1-3-4-2/h2-7,13H,8-9H2,1H3;3-4H,1-2H2. The zero-order valence-corrected chi connectivity index (χ0v) is 16.3. The Bertz CT molecular complexity index is 737. The number of nitrogens with zero attached hydrogens (tertiary/aromatic N) is 1. The van der Waals surface area contributed by atoms with Gasteiger partial charge in [0.1, 0.15) is 0 Å². The molecular formula is C20H20Cl2FNS. The van der Waals surface area contributed by atoms with Crippen LogP contribution >= 0.6 is 35.3 Å². The first-order chi connectivity index (χ1) is 12.0. The Labute approximate surface area is 163 Å². The molecule has 2 aromatic rings. The quantitative estimate of drug-likeness (QED) is 0.519. The maximum Gasteiger partial charge on any atom is 0.0812 e. The number of fused-ring (bicyclic) bond motifs is 1. The Hall–Kier alpha value is -1.26. The van der Waals surface area contributed by atoms with Crippen LogP contribution in [0.2, 0.25) is 10.0 Å². The molecule has 0 spiro atoms. The molecule has 2 aromatic carbocycles. The number of rotatable bonds is 3. The highest BCUT2D eigenvalue weighted by Crippen LogP contribution is 2.41. The Morgan fingerprint density at radius 1 is 1.16 bits per heavy atom. The van der Waals surface area contributed by atoms with Gasteiger partial charge < -0.3 is 4.90 Å². The molecule has 0 aliphatic carbocycles. The lowest BCUT2D eigenvalue weighted by Crippen LogP contribution is -2.31. The van der Waals surface area contributed by atoms with E-state index in [0.29, 0.717) is 14.9 Å². The number of likely N-dealkylation sites (N-methyl/N-ethyl adjacent to an activating group) is 1. The molecule has 0 N–H and O–H groups in total. The molecule has 1 unspecified atom stereocenters. The predicted octanol–water partition coefficient (Wildman–Crippen LogP) is 6.91. The third-order valence-corrected chi connectivity index (χ3v) is 5.12. The number of halogens is 3. The Morgan fingerprint density at radius 3 is 2.36 bits per heavy atom. The van der Waals surface area contributed by atoms with Gasteiger partial charge in [0.15, 0.2) is 0 Å². The van der Waals surface area contributed by atoms with Crippen molar-refractivity contribution >= 4 is 35.3 Å². The molecule has 5 heteroatoms. The summed E-state index contributed by atoms with van der Waals surface area (Å²) in [7, 11) is 2.07. The predicted molar refractivity (Wildman–Crippen MR) is 108 cm³/mol. The van der Waals surface area contributed by atoms with Gasteiger partial charge in [-0.25, -0.2) is 0 Å². The molecule has 0 fully saturated rings. The van der Waals surface area contributed by atoms with E-state index in [1.165, 1.54) is 5.56 Å². The summed E-state index contributed by atoms with van der Waals surface area (Å²) in [6, 6.07) is 11.3. The van der Waals surface area contributed by atoms with E-state index < -0.39 is 0 Å². The summed E-state index contributed by atoms with van der Waals surface area (Å²) < 4.78 is 12.9. The second-order valence-corrected chi connectivity index (χ2v) is 7.23. The van der Waals surface area contributed by atoms with E-state index >= 15 is 0 Å². The molecule has 1 aliphatic heterocycles. The van der Waals surface area contributed by atoms with Gasteiger partial charge in [-0.1, -0.05) is 60.6 Å². The van der Waals surface area contributed by atoms with Gasteiger partial charge in [-0.2, -0.15) is 3.89 Å². The monoisotopic (exact) mass is 395 g/mol. The van der Waals surface area contributed by atoms with Crippen molar-refractivity contribution in [1.82, 2.24) is 4.90 Å². The topological polar surface area (TPSA) is 3.24 Å². The molecule has 1 nitrogen and oxygen atoms in total. The Morgan fingerprint density at radius 2 is 1.80 bits per heavy atom. The molecule has 0 aromatic heterocycles. The molecular weight excluding hydrogens is 376 g/mol. The number of hydrogen-bond donors (Lipinski definition) is 0. The average Bonchev–Trinajstić information content (AvgIpc) is 2.61. The molecule has 132 valence electrons. The minimum Gasteiger partial charge on any atom is -0.301 e. The first-order valence-corrected chi connectivity index (χ1v) is 9.26. The largest absolute Gasteiger partial charge is 0.301 e. The van der Waals surface area contributed by atoms with Crippen molar-refractivity contribution in [2.75, 3.05) is 13.6 Å². The molecule has 0 radical (unpaired) electrons. The van der Waals surface area contributed by atoms with Crippen LogP contribution in [0.5, 0.6) is 0 Å². The van der Waals surface area contributed by atoms with Crippen LogP contribution in [0.3, 0.4) is 0 Å². The molecule has 0 saturated heterocycles. The van der Waals surface area contributed by atoms with Crippen molar-refractivity contribution in [3.05, 3.63) is 88.4 Å². The van der Waals surface area contributed by atoms with Gasteiger partial charge >= 0.3 is 0 Å². The van der Waals surface area contributed by atoms with Crippen molar-refractivity contribution in [3.8, 4) is 0 Å². The maximum atomic E-state index is 12.9. The summed E-state index contributed by atoms with van der Waals surface area (Å²) in [4.78, 5) is 2.85. The van der Waals surface area contributed by atoms with Gasteiger partial charge in [-0.15, -0.1) is 0 Å². The SMILES string of the molecule is C=CC=C.CN1Cc2ccc(SF)cc2C(c2c(Cl)cccc2Cl)C1. The second kappa shape index (κ2) is 9.44. The normalized spacial score (nSPS) is 16.4. The third kappa shape index (κ3) is 4.89. The molecule has 3 rings (SSSR count). The molecule has 25 heavy (non-hydrogen) atoms. The minimum atomic E-state index is 0.0621. The zero-order chi connectivity index (χ0) is 18.4. The highest BCUT2D eigenvalue weighted by molar-refractivity contribution is 7.94. The van der Waals surface area contributed by atoms with E-state index in [9.17, 15) is 3.89 Å². The van der Waals surface area contributed by atoms with Crippen LogP contribution in [0.25, 0.3) is 0 Å². The molecule has 1 heterocycles. The fourth-order valence-corrected chi connectivity index (χ4v) is 3.90. The van der Waals surface area contributed by atoms with E-state index in [4.69, 9.17) is 23.2 Å². The summed E-state index contributed by atoms with van der Waals surface area (Å²) in [5.41, 5.74) is 3.24. The maximum absolute atomic E-state index is 12.9. The van der Waals surface area contributed by atoms with Gasteiger partial charge in [0.25, 0.3) is 0 Å². The van der Waals surface area contributed by atoms with Crippen LogP contribution in [0.15, 0.2) is 66.6 Å². The Kier molecular flexibility index (Phi) is 7.57. The van der Waals surface area contributed by atoms with Crippen molar-refractivity contribution in [3.63, 3.8) is 0 Å². The Balaban J connectivity index is 0.000000511. The van der Waals surface area contributed by atoms with Crippen LogP contribution in [-0.2, 0) is 6.54 Å². The molecule has 1 aliphatic rings. The lowest BCUT2D eigenvalue weighted by molar-refractivity contribution is 0.295. The van der Waals surface area contributed by atoms with E-state index in [2.05, 4.69) is 25.1 Å². The average molecular weight is 396 g/mol. The van der Waals surface area contributed by atoms with Crippen molar-refractivity contribution in [1.29, 1.82) is 0 Å². The highest BCUT2D eigenvalue weighted by atomic mass is 35.5. The van der Waals surface area contributed by atoms with Crippen molar-refractivity contribution in [2.24, 2.45) is 0 Å². The summed E-state index contributed by atoms with van der Waals surface area (Å²) in [6.07, 6.45) is 3.28. The van der Waals surface area contributed by atoms with Crippen LogP contribution in [-0.4, -0.2) is 18.5 Å². The summed E-state index contributed by atoms with van der Waals surface area (Å²) in [5, 5.41) is 1.32. The van der Waals surface area contributed by atoms with Crippen LogP contribution in [0.4, 0.5) is 3.89 Å². The second-order valence-electron chi connectivity index (χ2n) is 5.79. The number of allylic oxidation sites excluding steroid dienone is 2. The van der Waals surface area contributed by atoms with E-state index in [1.807, 2.05) is 36.4 Å². The van der Waals surface area contributed by atoms with Crippen molar-refractivity contribution in [2.45, 2.75) is 17.4 Å². The summed E-state index contributed by atoms with van der Waals surface area (Å²) >= 11 is 13.0. The number of hydrogen-bond acceptors (Lipinski definition) is 2. The van der Waals surface area contributed by atoms with Gasteiger partial charge in [-0.05, 0) is 48.0 Å². The first-order valence-electron chi connectivity index (χ1n) is 7.79. The van der Waals surface area contributed by atoms with Gasteiger partial charge in [0, 0.05) is 33.9 Å². The van der Waals surface area contributed by atoms with Gasteiger partial charge in [0.05, 0.1) is 12.1 Å². The molecule has 1 atom stereocenters. The fraction of sp³-hybridized carbons (Fsp3) is 0.200. The zero-order valence-electron chi connectivity index (χ0n) is 14.0. The van der Waals surface area contributed by atoms with E-state index in [0.717, 1.165) is 24.2 Å². The smallest absolute Gasteiger partial charge is 0.0812 e.